The molecule has 35 heteroatoms. The van der Waals surface area contributed by atoms with Crippen LogP contribution in [-0.2, 0) is 17.3 Å². The fourth-order valence-corrected chi connectivity index (χ4v) is 17.2. The van der Waals surface area contributed by atoms with E-state index in [1.807, 2.05) is 194 Å². The quantitative estimate of drug-likeness (QED) is 0.0123. The van der Waals surface area contributed by atoms with Gasteiger partial charge in [-0.25, -0.2) is 32.2 Å². The van der Waals surface area contributed by atoms with Gasteiger partial charge in [-0.05, 0) is 244 Å². The molecule has 1 fully saturated rings. The lowest BCUT2D eigenvalue weighted by Gasteiger charge is -2.30. The Morgan fingerprint density at radius 1 is 0.369 bits per heavy atom. The zero-order chi connectivity index (χ0) is 107. The number of ether oxygens (including phenoxy) is 2. The summed E-state index contributed by atoms with van der Waals surface area (Å²) in [4.78, 5) is 143. The minimum Gasteiger partial charge on any atom is -0.454 e. The van der Waals surface area contributed by atoms with Crippen molar-refractivity contribution in [3.8, 4) is 22.6 Å². The molecule has 6 atom stereocenters. The number of aliphatic hydroxyl groups excluding tert-OH is 1. The molecule has 34 nitrogen and oxygen atoms in total. The zero-order valence-corrected chi connectivity index (χ0v) is 83.5. The first-order chi connectivity index (χ1) is 71.8. The number of aryl methyl sites for hydroxylation is 2. The average molecular weight is 2030 g/mol. The third-order valence-electron chi connectivity index (χ3n) is 25.2. The van der Waals surface area contributed by atoms with Crippen LogP contribution in [0.1, 0.15) is 258 Å². The number of aliphatic hydroxyl groups is 1. The van der Waals surface area contributed by atoms with Crippen molar-refractivity contribution in [1.29, 1.82) is 0 Å². The summed E-state index contributed by atoms with van der Waals surface area (Å²) < 4.78 is 20.7. The minimum absolute atomic E-state index is 0.0167. The second-order valence-electron chi connectivity index (χ2n) is 35.3. The lowest BCUT2D eigenvalue weighted by atomic mass is 9.77. The standard InChI is InChI=1S/C22H20N2O3.C21H24N2O3.C21H21NO3.C17H16N2O5.C17H18N2O3.C16H15N5O3S/c1-15(16-7-11-20(12-8-16)22(26)24-27)23-21(25)19-13-9-18(10-14-19)17-5-3-2-4-6-17;1-15(16-9-11-17(12-10-16)19(24)23-26)22-20(25)21(13-5-6-14-21)18-7-3-2-4-8-18;1-14(15-7-5-8-17(11-15)21(25)13-23)10-20(24)19-12-16-6-3-4-9-18(16)22(19)2;1-10(11-2-4-12(5-3-11)17(21)19-22)18-16(20)13-6-7-14-15(8-13)24-9-23-14;1-11-4-3-5-15(10-11)16(20)18-12(2)13-6-8-14(9-7-13)17(21)19-22;1-9(10-5-7-11(8-6-10)15(22)19-24)17-16(23)18-12-3-2-4-13-14(12)21-25-20-13/h2-15,27H,1H3,(H,23,25)(H,24,26);2-4,7-12,15,26H,5-6,13-14H2,1H3,(H,22,25)(H,23,24);3-9,11-12,14,23H,10,13H2,1-2H3;2-8,10,22H,9H2,1H3,(H,18,20)(H,19,21);3-10,12,22H,1-2H3,(H,18,20)(H,19,21);2-9,24H,1H3,(H,19,22)(H2,17,18,23)/t15-;;14-;;;/m1.1.../s1. The average Bonchev–Trinajstić information content (AvgIpc) is 1.70. The Labute approximate surface area is 862 Å². The number of para-hydroxylation sites is 1. The monoisotopic (exact) mass is 2030 g/mol. The number of hydrogen-bond donors (Lipinski definition) is 17. The number of aromatic nitrogens is 3. The molecule has 13 aromatic carbocycles. The highest BCUT2D eigenvalue weighted by Gasteiger charge is 2.43. The molecule has 17 rings (SSSR count). The van der Waals surface area contributed by atoms with Crippen LogP contribution in [0.25, 0.3) is 33.1 Å². The van der Waals surface area contributed by atoms with E-state index in [9.17, 15) is 57.5 Å². The molecule has 15 aromatic rings. The molecule has 766 valence electrons. The lowest BCUT2D eigenvalue weighted by Crippen LogP contribution is -2.43. The summed E-state index contributed by atoms with van der Waals surface area (Å²) in [6, 6.07) is 94.1. The van der Waals surface area contributed by atoms with E-state index >= 15 is 0 Å². The molecule has 17 N–H and O–H groups in total. The number of hydroxylamine groups is 5. The Balaban J connectivity index is 0.000000159. The van der Waals surface area contributed by atoms with Gasteiger partial charge in [0, 0.05) is 74.4 Å². The number of amides is 11. The highest BCUT2D eigenvalue weighted by molar-refractivity contribution is 7.00. The summed E-state index contributed by atoms with van der Waals surface area (Å²) in [5, 5.41) is 70.7. The minimum atomic E-state index is -0.588. The van der Waals surface area contributed by atoms with Crippen molar-refractivity contribution in [2.24, 2.45) is 7.05 Å². The largest absolute Gasteiger partial charge is 0.454 e. The van der Waals surface area contributed by atoms with Gasteiger partial charge in [0.15, 0.2) is 23.1 Å². The van der Waals surface area contributed by atoms with E-state index < -0.39 is 41.6 Å². The maximum absolute atomic E-state index is 13.2. The predicted octanol–water partition coefficient (Wildman–Crippen LogP) is 18.5. The van der Waals surface area contributed by atoms with E-state index in [-0.39, 0.29) is 84.1 Å². The number of ketones is 2. The van der Waals surface area contributed by atoms with Crippen LogP contribution in [0.4, 0.5) is 10.5 Å². The number of carbonyl (C=O) groups excluding carboxylic acids is 12. The van der Waals surface area contributed by atoms with Crippen molar-refractivity contribution in [1.82, 2.24) is 67.3 Å². The molecule has 4 unspecified atom stereocenters. The Morgan fingerprint density at radius 3 is 1.25 bits per heavy atom. The van der Waals surface area contributed by atoms with Gasteiger partial charge in [-0.2, -0.15) is 8.75 Å². The van der Waals surface area contributed by atoms with Gasteiger partial charge in [0.2, 0.25) is 12.7 Å². The van der Waals surface area contributed by atoms with Crippen LogP contribution in [-0.4, -0.2) is 129 Å². The molecule has 1 saturated carbocycles. The fraction of sp³-hybridized carbons (Fsp3) is 0.193. The molecule has 0 bridgehead atoms. The molecule has 1 aliphatic carbocycles. The Morgan fingerprint density at radius 2 is 0.772 bits per heavy atom. The van der Waals surface area contributed by atoms with Gasteiger partial charge < -0.3 is 51.0 Å². The number of Topliss-reactive ketones (excluding diaryl/α,β-unsaturated/α-hetero) is 2. The first-order valence-corrected chi connectivity index (χ1v) is 48.3. The number of anilines is 1. The summed E-state index contributed by atoms with van der Waals surface area (Å²) in [6.45, 7) is 12.9. The number of urea groups is 1. The van der Waals surface area contributed by atoms with Crippen molar-refractivity contribution in [3.63, 3.8) is 0 Å². The van der Waals surface area contributed by atoms with Crippen LogP contribution in [0.3, 0.4) is 0 Å². The van der Waals surface area contributed by atoms with Crippen molar-refractivity contribution in [2.75, 3.05) is 18.7 Å². The first-order valence-electron chi connectivity index (χ1n) is 47.6. The van der Waals surface area contributed by atoms with E-state index in [1.54, 1.807) is 215 Å². The Bertz CT molecular complexity index is 7200. The van der Waals surface area contributed by atoms with E-state index in [0.717, 1.165) is 109 Å². The summed E-state index contributed by atoms with van der Waals surface area (Å²) in [5.74, 6) is -2.44. The third-order valence-corrected chi connectivity index (χ3v) is 25.7. The first kappa shape index (κ1) is 110. The van der Waals surface area contributed by atoms with Crippen molar-refractivity contribution in [3.05, 3.63) is 422 Å². The SMILES string of the molecule is CC(NC(=O)C1(c2ccccc2)CCCC1)c1ccc(C(=O)NO)cc1.CC(NC(=O)Nc1cccc2nsnc12)c1ccc(C(=O)NO)cc1.CC(NC(=O)c1ccc2c(c1)OCO2)c1ccc(C(=O)NO)cc1.C[C@@H](NC(=O)c1ccc(-c2ccccc2)cc1)c1ccc(C(=O)NO)cc1.C[C@H](CC(=O)c1cc2ccccc2n1C)c1cccc(C(=O)CO)c1.Cc1cccc(C(=O)NC(C)c2ccc(C(=O)NO)cc2)c1. The molecule has 0 saturated heterocycles. The van der Waals surface area contributed by atoms with Crippen LogP contribution in [0, 0.1) is 6.92 Å². The molecule has 2 aliphatic rings. The molecule has 0 radical (unpaired) electrons. The molecule has 2 aromatic heterocycles. The molecule has 149 heavy (non-hydrogen) atoms. The molecule has 1 aliphatic heterocycles. The lowest BCUT2D eigenvalue weighted by molar-refractivity contribution is -0.127. The number of fused-ring (bicyclic) bond motifs is 3. The highest BCUT2D eigenvalue weighted by Crippen LogP contribution is 2.42. The van der Waals surface area contributed by atoms with Crippen LogP contribution in [0.15, 0.2) is 322 Å². The molecule has 11 amide bonds. The van der Waals surface area contributed by atoms with E-state index in [2.05, 4.69) is 40.6 Å². The van der Waals surface area contributed by atoms with Crippen LogP contribution < -0.4 is 68.8 Å². The summed E-state index contributed by atoms with van der Waals surface area (Å²) >= 11 is 1.09. The van der Waals surface area contributed by atoms with Crippen LogP contribution in [0.5, 0.6) is 11.5 Å². The smallest absolute Gasteiger partial charge is 0.319 e. The van der Waals surface area contributed by atoms with E-state index in [0.29, 0.717) is 84.9 Å². The topological polar surface area (TPSA) is 508 Å². The third kappa shape index (κ3) is 29.6. The van der Waals surface area contributed by atoms with Gasteiger partial charge in [0.1, 0.15) is 17.6 Å². The van der Waals surface area contributed by atoms with Gasteiger partial charge in [-0.15, -0.1) is 0 Å². The van der Waals surface area contributed by atoms with Crippen molar-refractivity contribution in [2.45, 2.75) is 122 Å². The molecular formula is C114H114N14O20S. The highest BCUT2D eigenvalue weighted by atomic mass is 32.1. The van der Waals surface area contributed by atoms with Gasteiger partial charge in [0.25, 0.3) is 47.3 Å². The summed E-state index contributed by atoms with van der Waals surface area (Å²) in [7, 11) is 1.90. The van der Waals surface area contributed by atoms with Gasteiger partial charge in [-0.1, -0.05) is 213 Å². The van der Waals surface area contributed by atoms with E-state index in [4.69, 9.17) is 40.6 Å². The molecule has 3 heterocycles. The summed E-state index contributed by atoms with van der Waals surface area (Å²) in [6.07, 6.45) is 4.21. The zero-order valence-electron chi connectivity index (χ0n) is 82.7. The normalized spacial score (nSPS) is 12.9. The van der Waals surface area contributed by atoms with Crippen LogP contribution >= 0.6 is 11.7 Å². The van der Waals surface area contributed by atoms with Gasteiger partial charge in [0.05, 0.1) is 58.7 Å². The maximum Gasteiger partial charge on any atom is 0.319 e. The second-order valence-corrected chi connectivity index (χ2v) is 35.8. The van der Waals surface area contributed by atoms with Gasteiger partial charge >= 0.3 is 6.03 Å². The van der Waals surface area contributed by atoms with Crippen molar-refractivity contribution >= 4 is 110 Å². The molecule has 0 spiro atoms. The van der Waals surface area contributed by atoms with E-state index in [1.165, 1.54) is 0 Å². The summed E-state index contributed by atoms with van der Waals surface area (Å²) in [5.41, 5.74) is 24.5. The van der Waals surface area contributed by atoms with Crippen molar-refractivity contribution < 1.29 is 98.2 Å². The number of rotatable bonds is 28. The number of carbonyl (C=O) groups is 12. The fourth-order valence-electron chi connectivity index (χ4n) is 16.6. The number of nitrogens with one attached hydrogen (secondary N) is 11. The Kier molecular flexibility index (Phi) is 39.4. The number of benzene rings is 13. The second kappa shape index (κ2) is 53.3. The molecular weight excluding hydrogens is 1920 g/mol. The van der Waals surface area contributed by atoms with Gasteiger partial charge in [-0.3, -0.25) is 78.8 Å². The predicted molar refractivity (Wildman–Crippen MR) is 561 cm³/mol. The number of hydrogen-bond acceptors (Lipinski definition) is 23. The Hall–Kier alpha value is -17.6. The number of nitrogens with zero attached hydrogens (tertiary/aromatic N) is 3. The maximum atomic E-state index is 13.2. The van der Waals surface area contributed by atoms with Crippen LogP contribution in [0.2, 0.25) is 0 Å².